The van der Waals surface area contributed by atoms with E-state index in [0.29, 0.717) is 42.6 Å². The van der Waals surface area contributed by atoms with Crippen LogP contribution < -0.4 is 15.4 Å². The highest BCUT2D eigenvalue weighted by Gasteiger charge is 2.36. The van der Waals surface area contributed by atoms with Crippen molar-refractivity contribution in [3.63, 3.8) is 0 Å². The SMILES string of the molecule is N#Cc1c(N2CCN(c3ccc(C(F)(F)F)cc3)CC2)nn2c(=O)c(C(F)(F)F)c[nH]c12. The lowest BCUT2D eigenvalue weighted by atomic mass is 10.1. The van der Waals surface area contributed by atoms with Crippen LogP contribution in [0.5, 0.6) is 0 Å². The van der Waals surface area contributed by atoms with E-state index in [9.17, 15) is 36.4 Å². The van der Waals surface area contributed by atoms with Gasteiger partial charge in [-0.1, -0.05) is 0 Å². The quantitative estimate of drug-likeness (QED) is 0.599. The fourth-order valence-electron chi connectivity index (χ4n) is 3.57. The normalized spacial score (nSPS) is 15.3. The number of piperazine rings is 1. The lowest BCUT2D eigenvalue weighted by molar-refractivity contribution is -0.139. The second-order valence-corrected chi connectivity index (χ2v) is 7.09. The summed E-state index contributed by atoms with van der Waals surface area (Å²) in [7, 11) is 0. The van der Waals surface area contributed by atoms with E-state index in [0.717, 1.165) is 12.1 Å². The molecule has 0 aliphatic carbocycles. The maximum Gasteiger partial charge on any atom is 0.423 e. The molecule has 3 aromatic rings. The van der Waals surface area contributed by atoms with Gasteiger partial charge in [0.2, 0.25) is 0 Å². The van der Waals surface area contributed by atoms with Crippen LogP contribution in [0.25, 0.3) is 5.65 Å². The molecule has 7 nitrogen and oxygen atoms in total. The highest BCUT2D eigenvalue weighted by molar-refractivity contribution is 5.69. The number of fused-ring (bicyclic) bond motifs is 1. The molecule has 0 unspecified atom stereocenters. The molecule has 0 amide bonds. The van der Waals surface area contributed by atoms with E-state index in [1.165, 1.54) is 12.1 Å². The van der Waals surface area contributed by atoms with Gasteiger partial charge in [0.15, 0.2) is 11.5 Å². The Morgan fingerprint density at radius 2 is 1.53 bits per heavy atom. The van der Waals surface area contributed by atoms with Crippen LogP contribution >= 0.6 is 0 Å². The van der Waals surface area contributed by atoms with Crippen LogP contribution in [-0.4, -0.2) is 40.8 Å². The van der Waals surface area contributed by atoms with Crippen molar-refractivity contribution in [1.82, 2.24) is 14.6 Å². The predicted molar refractivity (Wildman–Crippen MR) is 101 cm³/mol. The van der Waals surface area contributed by atoms with Gasteiger partial charge in [-0.05, 0) is 24.3 Å². The molecule has 0 bridgehead atoms. The molecule has 0 atom stereocenters. The van der Waals surface area contributed by atoms with E-state index < -0.39 is 29.0 Å². The first kappa shape index (κ1) is 21.5. The van der Waals surface area contributed by atoms with E-state index in [2.05, 4.69) is 10.1 Å². The molecule has 4 rings (SSSR count). The third kappa shape index (κ3) is 3.72. The number of H-pyrrole nitrogens is 1. The number of nitrogens with one attached hydrogen (secondary N) is 1. The molecule has 0 saturated carbocycles. The molecule has 13 heteroatoms. The van der Waals surface area contributed by atoms with Crippen LogP contribution in [0, 0.1) is 11.3 Å². The number of rotatable bonds is 2. The molecular formula is C19H14F6N6O. The zero-order chi connectivity index (χ0) is 23.3. The van der Waals surface area contributed by atoms with Gasteiger partial charge >= 0.3 is 12.4 Å². The Morgan fingerprint density at radius 1 is 0.938 bits per heavy atom. The van der Waals surface area contributed by atoms with Crippen molar-refractivity contribution < 1.29 is 26.3 Å². The lowest BCUT2D eigenvalue weighted by Gasteiger charge is -2.36. The van der Waals surface area contributed by atoms with Crippen molar-refractivity contribution in [3.8, 4) is 6.07 Å². The van der Waals surface area contributed by atoms with Gasteiger partial charge in [0.1, 0.15) is 17.2 Å². The lowest BCUT2D eigenvalue weighted by Crippen LogP contribution is -2.47. The zero-order valence-electron chi connectivity index (χ0n) is 16.1. The molecule has 3 heterocycles. The third-order valence-electron chi connectivity index (χ3n) is 5.20. The number of nitriles is 1. The molecule has 1 aromatic carbocycles. The molecule has 1 aliphatic heterocycles. The number of halogens is 6. The molecule has 1 aliphatic rings. The van der Waals surface area contributed by atoms with Gasteiger partial charge in [0, 0.05) is 38.1 Å². The number of anilines is 2. The summed E-state index contributed by atoms with van der Waals surface area (Å²) in [5, 5.41) is 13.5. The fourth-order valence-corrected chi connectivity index (χ4v) is 3.57. The van der Waals surface area contributed by atoms with Crippen molar-refractivity contribution in [3.05, 3.63) is 57.5 Å². The van der Waals surface area contributed by atoms with Gasteiger partial charge in [-0.2, -0.15) is 36.1 Å². The Bertz CT molecular complexity index is 1240. The van der Waals surface area contributed by atoms with Crippen LogP contribution in [0.15, 0.2) is 35.3 Å². The van der Waals surface area contributed by atoms with Gasteiger partial charge in [0.25, 0.3) is 5.56 Å². The van der Waals surface area contributed by atoms with Gasteiger partial charge in [-0.3, -0.25) is 4.79 Å². The van der Waals surface area contributed by atoms with E-state index in [4.69, 9.17) is 0 Å². The first-order valence-corrected chi connectivity index (χ1v) is 9.29. The number of alkyl halides is 6. The van der Waals surface area contributed by atoms with E-state index in [1.54, 1.807) is 4.90 Å². The minimum atomic E-state index is -4.88. The van der Waals surface area contributed by atoms with Crippen molar-refractivity contribution >= 4 is 17.2 Å². The summed E-state index contributed by atoms with van der Waals surface area (Å²) in [4.78, 5) is 18.0. The van der Waals surface area contributed by atoms with Gasteiger partial charge < -0.3 is 14.8 Å². The largest absolute Gasteiger partial charge is 0.423 e. The molecule has 32 heavy (non-hydrogen) atoms. The standard InChI is InChI=1S/C19H14F6N6O/c20-18(21,22)11-1-3-12(4-2-11)29-5-7-30(8-6-29)16-13(9-26)15-27-10-14(19(23,24)25)17(32)31(15)28-16/h1-4,10,27H,5-8H2. The highest BCUT2D eigenvalue weighted by atomic mass is 19.4. The summed E-state index contributed by atoms with van der Waals surface area (Å²) in [5.74, 6) is 0.0623. The van der Waals surface area contributed by atoms with Crippen LogP contribution in [-0.2, 0) is 12.4 Å². The molecule has 1 saturated heterocycles. The molecule has 0 radical (unpaired) electrons. The number of benzene rings is 1. The minimum Gasteiger partial charge on any atom is -0.368 e. The Balaban J connectivity index is 1.58. The first-order chi connectivity index (χ1) is 15.0. The minimum absolute atomic E-state index is 0.0623. The average Bonchev–Trinajstić information content (AvgIpc) is 3.12. The Labute approximate surface area is 176 Å². The number of aromatic nitrogens is 3. The molecular weight excluding hydrogens is 442 g/mol. The summed E-state index contributed by atoms with van der Waals surface area (Å²) in [5.41, 5.74) is -3.22. The smallest absolute Gasteiger partial charge is 0.368 e. The summed E-state index contributed by atoms with van der Waals surface area (Å²) in [6, 6.07) is 6.57. The van der Waals surface area contributed by atoms with Crippen molar-refractivity contribution in [2.24, 2.45) is 0 Å². The highest BCUT2D eigenvalue weighted by Crippen LogP contribution is 2.31. The zero-order valence-corrected chi connectivity index (χ0v) is 16.1. The van der Waals surface area contributed by atoms with Crippen LogP contribution in [0.2, 0.25) is 0 Å². The number of nitrogens with zero attached hydrogens (tertiary/aromatic N) is 5. The topological polar surface area (TPSA) is 80.4 Å². The van der Waals surface area contributed by atoms with Crippen LogP contribution in [0.1, 0.15) is 16.7 Å². The maximum absolute atomic E-state index is 13.0. The fraction of sp³-hybridized carbons (Fsp3) is 0.316. The van der Waals surface area contributed by atoms with E-state index in [-0.39, 0.29) is 17.0 Å². The van der Waals surface area contributed by atoms with E-state index >= 15 is 0 Å². The predicted octanol–water partition coefficient (Wildman–Crippen LogP) is 3.26. The Kier molecular flexibility index (Phi) is 5.03. The summed E-state index contributed by atoms with van der Waals surface area (Å²) < 4.78 is 77.8. The average molecular weight is 456 g/mol. The Morgan fingerprint density at radius 3 is 2.06 bits per heavy atom. The number of aromatic amines is 1. The summed E-state index contributed by atoms with van der Waals surface area (Å²) in [6.45, 7) is 1.32. The van der Waals surface area contributed by atoms with Gasteiger partial charge in [-0.15, -0.1) is 5.10 Å². The van der Waals surface area contributed by atoms with Crippen molar-refractivity contribution in [1.29, 1.82) is 5.26 Å². The second kappa shape index (κ2) is 7.47. The van der Waals surface area contributed by atoms with Crippen molar-refractivity contribution in [2.45, 2.75) is 12.4 Å². The molecule has 1 fully saturated rings. The first-order valence-electron chi connectivity index (χ1n) is 9.29. The van der Waals surface area contributed by atoms with E-state index in [1.807, 2.05) is 11.0 Å². The maximum atomic E-state index is 13.0. The van der Waals surface area contributed by atoms with Gasteiger partial charge in [-0.25, -0.2) is 0 Å². The second-order valence-electron chi connectivity index (χ2n) is 7.09. The van der Waals surface area contributed by atoms with Crippen molar-refractivity contribution in [2.75, 3.05) is 36.0 Å². The summed E-state index contributed by atoms with van der Waals surface area (Å²) in [6.07, 6.45) is -8.81. The van der Waals surface area contributed by atoms with Gasteiger partial charge in [0.05, 0.1) is 5.56 Å². The molecule has 0 spiro atoms. The van der Waals surface area contributed by atoms with Crippen LogP contribution in [0.4, 0.5) is 37.8 Å². The van der Waals surface area contributed by atoms with Crippen LogP contribution in [0.3, 0.4) is 0 Å². The monoisotopic (exact) mass is 456 g/mol. The number of hydrogen-bond acceptors (Lipinski definition) is 5. The Hall–Kier alpha value is -3.69. The molecule has 2 aromatic heterocycles. The number of hydrogen-bond donors (Lipinski definition) is 1. The molecule has 168 valence electrons. The molecule has 1 N–H and O–H groups in total. The third-order valence-corrected chi connectivity index (χ3v) is 5.20. The summed E-state index contributed by atoms with van der Waals surface area (Å²) >= 11 is 0.